The average Bonchev–Trinajstić information content (AvgIpc) is 3.03. The molecule has 0 bridgehead atoms. The summed E-state index contributed by atoms with van der Waals surface area (Å²) in [6, 6.07) is 10.5. The second-order valence-corrected chi connectivity index (χ2v) is 6.00. The van der Waals surface area contributed by atoms with E-state index in [0.29, 0.717) is 6.04 Å². The molecular weight excluding hydrogens is 415 g/mol. The number of para-hydroxylation sites is 1. The van der Waals surface area contributed by atoms with Crippen LogP contribution in [0.4, 0.5) is 0 Å². The molecule has 0 radical (unpaired) electrons. The van der Waals surface area contributed by atoms with Crippen molar-refractivity contribution in [1.82, 2.24) is 15.5 Å². The van der Waals surface area contributed by atoms with Crippen molar-refractivity contribution in [2.45, 2.75) is 38.8 Å². The van der Waals surface area contributed by atoms with E-state index in [1.54, 1.807) is 0 Å². The van der Waals surface area contributed by atoms with Gasteiger partial charge in [-0.25, -0.2) is 0 Å². The van der Waals surface area contributed by atoms with E-state index in [1.165, 1.54) is 19.4 Å². The highest BCUT2D eigenvalue weighted by atomic mass is 127. The summed E-state index contributed by atoms with van der Waals surface area (Å²) in [5, 5.41) is 6.78. The van der Waals surface area contributed by atoms with Gasteiger partial charge in [-0.1, -0.05) is 25.1 Å². The zero-order valence-electron chi connectivity index (χ0n) is 15.0. The molecule has 0 aliphatic carbocycles. The Bertz CT molecular complexity index is 483. The topological polar surface area (TPSA) is 48.9 Å². The van der Waals surface area contributed by atoms with Crippen molar-refractivity contribution in [2.75, 3.05) is 33.2 Å². The summed E-state index contributed by atoms with van der Waals surface area (Å²) in [6.07, 6.45) is 2.65. The van der Waals surface area contributed by atoms with E-state index in [0.717, 1.165) is 31.3 Å². The first-order valence-corrected chi connectivity index (χ1v) is 8.63. The quantitative estimate of drug-likeness (QED) is 0.384. The molecule has 0 amide bonds. The third-order valence-corrected chi connectivity index (χ3v) is 4.27. The zero-order chi connectivity index (χ0) is 16.5. The van der Waals surface area contributed by atoms with Gasteiger partial charge in [0.25, 0.3) is 0 Å². The Kier molecular flexibility index (Phi) is 10.1. The van der Waals surface area contributed by atoms with Gasteiger partial charge >= 0.3 is 0 Å². The predicted octanol–water partition coefficient (Wildman–Crippen LogP) is 2.72. The number of likely N-dealkylation sites (tertiary alicyclic amines) is 1. The van der Waals surface area contributed by atoms with Crippen LogP contribution in [0.15, 0.2) is 35.3 Å². The van der Waals surface area contributed by atoms with Crippen LogP contribution < -0.4 is 15.4 Å². The van der Waals surface area contributed by atoms with Gasteiger partial charge in [0.15, 0.2) is 5.96 Å². The van der Waals surface area contributed by atoms with Gasteiger partial charge in [-0.2, -0.15) is 0 Å². The van der Waals surface area contributed by atoms with Crippen LogP contribution in [-0.2, 0) is 0 Å². The molecule has 2 atom stereocenters. The Balaban J connectivity index is 0.00000288. The lowest BCUT2D eigenvalue weighted by molar-refractivity contribution is 0.223. The maximum atomic E-state index is 5.87. The Morgan fingerprint density at radius 2 is 2.08 bits per heavy atom. The molecule has 24 heavy (non-hydrogen) atoms. The summed E-state index contributed by atoms with van der Waals surface area (Å²) in [4.78, 5) is 6.83. The minimum absolute atomic E-state index is 0. The van der Waals surface area contributed by atoms with E-state index < -0.39 is 0 Å². The molecule has 1 aliphatic heterocycles. The number of rotatable bonds is 7. The van der Waals surface area contributed by atoms with Gasteiger partial charge in [-0.3, -0.25) is 9.89 Å². The van der Waals surface area contributed by atoms with Crippen molar-refractivity contribution in [3.63, 3.8) is 0 Å². The van der Waals surface area contributed by atoms with Gasteiger partial charge in [0.1, 0.15) is 11.9 Å². The molecule has 136 valence electrons. The third kappa shape index (κ3) is 6.84. The Morgan fingerprint density at radius 3 is 2.75 bits per heavy atom. The number of ether oxygens (including phenoxy) is 1. The second kappa shape index (κ2) is 11.5. The Labute approximate surface area is 163 Å². The van der Waals surface area contributed by atoms with Crippen molar-refractivity contribution in [3.05, 3.63) is 30.3 Å². The van der Waals surface area contributed by atoms with Crippen LogP contribution in [-0.4, -0.2) is 56.2 Å². The number of benzene rings is 1. The standard InChI is InChI=1S/C18H30N4O.HI/c1-4-22-12-8-9-16(22)14-21-18(19-3)20-13-15(2)23-17-10-6-5-7-11-17;/h5-7,10-11,15-16H,4,8-9,12-14H2,1-3H3,(H2,19,20,21);1H. The van der Waals surface area contributed by atoms with Crippen LogP contribution in [0.3, 0.4) is 0 Å². The first-order valence-electron chi connectivity index (χ1n) is 8.63. The molecule has 1 heterocycles. The minimum Gasteiger partial charge on any atom is -0.489 e. The Hall–Kier alpha value is -1.02. The van der Waals surface area contributed by atoms with Gasteiger partial charge in [-0.15, -0.1) is 24.0 Å². The van der Waals surface area contributed by atoms with Crippen LogP contribution in [0.25, 0.3) is 0 Å². The minimum atomic E-state index is 0. The summed E-state index contributed by atoms with van der Waals surface area (Å²) in [6.45, 7) is 8.30. The normalized spacial score (nSPS) is 19.5. The monoisotopic (exact) mass is 446 g/mol. The number of halogens is 1. The molecule has 2 N–H and O–H groups in total. The lowest BCUT2D eigenvalue weighted by Crippen LogP contribution is -2.46. The number of likely N-dealkylation sites (N-methyl/N-ethyl adjacent to an activating group) is 1. The third-order valence-electron chi connectivity index (χ3n) is 4.27. The molecular formula is C18H31IN4O. The summed E-state index contributed by atoms with van der Waals surface area (Å²) in [7, 11) is 1.81. The lowest BCUT2D eigenvalue weighted by atomic mass is 10.2. The van der Waals surface area contributed by atoms with E-state index in [9.17, 15) is 0 Å². The first-order chi connectivity index (χ1) is 11.2. The van der Waals surface area contributed by atoms with Crippen molar-refractivity contribution in [2.24, 2.45) is 4.99 Å². The number of nitrogens with zero attached hydrogens (tertiary/aromatic N) is 2. The molecule has 1 aliphatic rings. The van der Waals surface area contributed by atoms with Gasteiger partial charge in [0.2, 0.25) is 0 Å². The van der Waals surface area contributed by atoms with E-state index in [1.807, 2.05) is 37.4 Å². The second-order valence-electron chi connectivity index (χ2n) is 6.00. The number of nitrogens with one attached hydrogen (secondary N) is 2. The smallest absolute Gasteiger partial charge is 0.191 e. The molecule has 0 aromatic heterocycles. The summed E-state index contributed by atoms with van der Waals surface area (Å²) >= 11 is 0. The van der Waals surface area contributed by atoms with E-state index in [2.05, 4.69) is 34.4 Å². The fourth-order valence-electron chi connectivity index (χ4n) is 2.99. The van der Waals surface area contributed by atoms with E-state index in [-0.39, 0.29) is 30.1 Å². The molecule has 1 aromatic carbocycles. The maximum absolute atomic E-state index is 5.87. The van der Waals surface area contributed by atoms with E-state index >= 15 is 0 Å². The first kappa shape index (κ1) is 21.0. The maximum Gasteiger partial charge on any atom is 0.191 e. The summed E-state index contributed by atoms with van der Waals surface area (Å²) < 4.78 is 5.87. The predicted molar refractivity (Wildman–Crippen MR) is 112 cm³/mol. The number of hydrogen-bond donors (Lipinski definition) is 2. The van der Waals surface area contributed by atoms with Crippen molar-refractivity contribution < 1.29 is 4.74 Å². The van der Waals surface area contributed by atoms with Crippen LogP contribution in [0.2, 0.25) is 0 Å². The van der Waals surface area contributed by atoms with Gasteiger partial charge < -0.3 is 15.4 Å². The molecule has 1 aromatic rings. The van der Waals surface area contributed by atoms with Gasteiger partial charge in [-0.05, 0) is 45.0 Å². The SMILES string of the molecule is CCN1CCCC1CNC(=NC)NCC(C)Oc1ccccc1.I. The fraction of sp³-hybridized carbons (Fsp3) is 0.611. The fourth-order valence-corrected chi connectivity index (χ4v) is 2.99. The van der Waals surface area contributed by atoms with Crippen molar-refractivity contribution >= 4 is 29.9 Å². The largest absolute Gasteiger partial charge is 0.489 e. The number of guanidine groups is 1. The molecule has 5 nitrogen and oxygen atoms in total. The van der Waals surface area contributed by atoms with Crippen LogP contribution in [0.5, 0.6) is 5.75 Å². The zero-order valence-corrected chi connectivity index (χ0v) is 17.3. The number of hydrogen-bond acceptors (Lipinski definition) is 3. The molecule has 2 rings (SSSR count). The summed E-state index contributed by atoms with van der Waals surface area (Å²) in [5.41, 5.74) is 0. The number of aliphatic imine (C=N–C) groups is 1. The van der Waals surface area contributed by atoms with Gasteiger partial charge in [0, 0.05) is 19.6 Å². The lowest BCUT2D eigenvalue weighted by Gasteiger charge is -2.24. The Morgan fingerprint density at radius 1 is 1.33 bits per heavy atom. The highest BCUT2D eigenvalue weighted by molar-refractivity contribution is 14.0. The van der Waals surface area contributed by atoms with Crippen LogP contribution >= 0.6 is 24.0 Å². The van der Waals surface area contributed by atoms with Crippen molar-refractivity contribution in [3.8, 4) is 5.75 Å². The average molecular weight is 446 g/mol. The molecule has 0 saturated carbocycles. The highest BCUT2D eigenvalue weighted by Gasteiger charge is 2.22. The van der Waals surface area contributed by atoms with Crippen LogP contribution in [0, 0.1) is 0 Å². The molecule has 1 saturated heterocycles. The molecule has 2 unspecified atom stereocenters. The highest BCUT2D eigenvalue weighted by Crippen LogP contribution is 2.15. The van der Waals surface area contributed by atoms with Crippen LogP contribution in [0.1, 0.15) is 26.7 Å². The molecule has 0 spiro atoms. The van der Waals surface area contributed by atoms with E-state index in [4.69, 9.17) is 4.74 Å². The van der Waals surface area contributed by atoms with Gasteiger partial charge in [0.05, 0.1) is 6.54 Å². The summed E-state index contributed by atoms with van der Waals surface area (Å²) in [5.74, 6) is 1.74. The van der Waals surface area contributed by atoms with Crippen molar-refractivity contribution in [1.29, 1.82) is 0 Å². The molecule has 1 fully saturated rings. The molecule has 6 heteroatoms.